The number of hydrogen-bond donors (Lipinski definition) is 16. The predicted molar refractivity (Wildman–Crippen MR) is 272 cm³/mol. The normalized spacial score (nSPS) is 42.9. The molecule has 2 saturated heterocycles. The summed E-state index contributed by atoms with van der Waals surface area (Å²) in [6.07, 6.45) is 3.45. The van der Waals surface area contributed by atoms with Crippen LogP contribution in [0.15, 0.2) is 96.6 Å². The van der Waals surface area contributed by atoms with E-state index in [1.54, 1.807) is 63.3 Å². The summed E-state index contributed by atoms with van der Waals surface area (Å²) in [5.74, 6) is -7.28. The van der Waals surface area contributed by atoms with Crippen LogP contribution in [0, 0.1) is 17.8 Å². The summed E-state index contributed by atoms with van der Waals surface area (Å²) in [7, 11) is 0. The second kappa shape index (κ2) is 32.6. The highest BCUT2D eigenvalue weighted by Gasteiger charge is 2.48. The Morgan fingerprint density at radius 2 is 1.25 bits per heavy atom. The third-order valence-corrected chi connectivity index (χ3v) is 13.6. The second-order valence-corrected chi connectivity index (χ2v) is 19.9. The van der Waals surface area contributed by atoms with Gasteiger partial charge in [0.25, 0.3) is 0 Å². The van der Waals surface area contributed by atoms with Crippen LogP contribution in [0.5, 0.6) is 0 Å². The van der Waals surface area contributed by atoms with E-state index in [0.29, 0.717) is 0 Å². The molecule has 0 aromatic heterocycles. The van der Waals surface area contributed by atoms with Gasteiger partial charge >= 0.3 is 11.9 Å². The van der Waals surface area contributed by atoms with Gasteiger partial charge in [-0.3, -0.25) is 4.79 Å². The van der Waals surface area contributed by atoms with Gasteiger partial charge < -0.3 is 106 Å². The first-order valence-electron chi connectivity index (χ1n) is 25.5. The Balaban J connectivity index is 0.00000111. The Morgan fingerprint density at radius 3 is 1.80 bits per heavy atom. The minimum atomic E-state index is -2.16. The van der Waals surface area contributed by atoms with Crippen LogP contribution < -0.4 is 5.73 Å². The largest absolute Gasteiger partial charge is 0.505 e. The molecule has 0 saturated carbocycles. The maximum absolute atomic E-state index is 12.6. The van der Waals surface area contributed by atoms with E-state index in [1.165, 1.54) is 0 Å². The molecule has 0 radical (unpaired) electrons. The van der Waals surface area contributed by atoms with Gasteiger partial charge in [-0.05, 0) is 33.1 Å². The lowest BCUT2D eigenvalue weighted by Gasteiger charge is -2.46. The number of carbonyl (C=O) groups is 2. The van der Waals surface area contributed by atoms with E-state index in [9.17, 15) is 65.8 Å². The van der Waals surface area contributed by atoms with Crippen molar-refractivity contribution in [1.29, 1.82) is 0 Å². The van der Waals surface area contributed by atoms with Gasteiger partial charge in [-0.25, -0.2) is 4.79 Å². The number of aliphatic hydroxyl groups excluding tert-OH is 14. The zero-order valence-corrected chi connectivity index (χ0v) is 43.3. The molecule has 2 bridgehead atoms. The number of ether oxygens (including phenoxy) is 5. The second-order valence-electron chi connectivity index (χ2n) is 19.9. The van der Waals surface area contributed by atoms with Crippen molar-refractivity contribution in [3.63, 3.8) is 0 Å². The van der Waals surface area contributed by atoms with Crippen LogP contribution in [0.25, 0.3) is 0 Å². The summed E-state index contributed by atoms with van der Waals surface area (Å²) in [6.45, 7) is 5.60. The van der Waals surface area contributed by atoms with E-state index < -0.39 is 184 Å². The molecule has 0 spiro atoms. The van der Waals surface area contributed by atoms with Crippen molar-refractivity contribution < 1.29 is 110 Å². The molecule has 17 N–H and O–H groups in total. The molecule has 23 nitrogen and oxygen atoms in total. The summed E-state index contributed by atoms with van der Waals surface area (Å²) in [6, 6.07) is -1.09. The molecule has 0 aliphatic carbocycles. The number of aliphatic hydroxyl groups is 15. The van der Waals surface area contributed by atoms with Crippen molar-refractivity contribution in [3.8, 4) is 0 Å². The summed E-state index contributed by atoms with van der Waals surface area (Å²) in [5.41, 5.74) is 6.04. The SMILES string of the molecule is C[C@@H]1[C@H](O)[C@@H](C)\C=C/C=C/C=C/C=C/C=C/C=C/C=C/[C@H](O[C@@H]2O[C@H](C)[C@@H](O)[C@H](N)[C@@H]2O)C[C@@H]2O[C@](O)(C[C@@H](O)C[C@@H](O)[C@H](O)CC[C@@H](O)C[C@@H](O)CC(=O)O[C@H]1C)C[C@H](O)[C@H]2CO.O=C1O[C@H]([C@@H](O)CO)C(O)=C1O. The Kier molecular flexibility index (Phi) is 28.4. The van der Waals surface area contributed by atoms with Gasteiger partial charge in [0.1, 0.15) is 18.3 Å². The van der Waals surface area contributed by atoms with Crippen molar-refractivity contribution in [2.24, 2.45) is 23.5 Å². The molecular formula is C53H83NO22. The van der Waals surface area contributed by atoms with Crippen LogP contribution >= 0.6 is 0 Å². The van der Waals surface area contributed by atoms with E-state index in [1.807, 2.05) is 49.5 Å². The Labute approximate surface area is 442 Å². The molecule has 2 fully saturated rings. The van der Waals surface area contributed by atoms with Gasteiger partial charge in [-0.2, -0.15) is 0 Å². The maximum Gasteiger partial charge on any atom is 0.377 e. The number of allylic oxidation sites excluding steroid dienone is 12. The third-order valence-electron chi connectivity index (χ3n) is 13.6. The fourth-order valence-electron chi connectivity index (χ4n) is 8.77. The average Bonchev–Trinajstić information content (AvgIpc) is 3.61. The fraction of sp³-hybridized carbons (Fsp3) is 0.660. The Morgan fingerprint density at radius 1 is 0.671 bits per heavy atom. The van der Waals surface area contributed by atoms with E-state index in [4.69, 9.17) is 45.1 Å². The summed E-state index contributed by atoms with van der Waals surface area (Å²) in [5, 5.41) is 153. The summed E-state index contributed by atoms with van der Waals surface area (Å²) in [4.78, 5) is 23.1. The number of cyclic esters (lactones) is 2. The molecule has 4 rings (SSSR count). The highest BCUT2D eigenvalue weighted by Crippen LogP contribution is 2.38. The summed E-state index contributed by atoms with van der Waals surface area (Å²) >= 11 is 0. The number of carbonyl (C=O) groups excluding carboxylic acids is 2. The number of rotatable bonds is 5. The molecule has 0 unspecified atom stereocenters. The van der Waals surface area contributed by atoms with E-state index in [-0.39, 0.29) is 31.6 Å². The lowest BCUT2D eigenvalue weighted by molar-refractivity contribution is -0.312. The number of nitrogens with two attached hydrogens (primary N) is 1. The van der Waals surface area contributed by atoms with Crippen molar-refractivity contribution in [3.05, 3.63) is 96.6 Å². The van der Waals surface area contributed by atoms with Gasteiger partial charge in [0, 0.05) is 43.4 Å². The molecule has 0 aromatic rings. The molecule has 0 amide bonds. The highest BCUT2D eigenvalue weighted by molar-refractivity contribution is 5.89. The first-order valence-corrected chi connectivity index (χ1v) is 25.5. The van der Waals surface area contributed by atoms with Crippen molar-refractivity contribution in [1.82, 2.24) is 0 Å². The van der Waals surface area contributed by atoms with Gasteiger partial charge in [0.05, 0.1) is 92.8 Å². The Bertz CT molecular complexity index is 2010. The lowest BCUT2D eigenvalue weighted by Crippen LogP contribution is -2.61. The lowest BCUT2D eigenvalue weighted by atomic mass is 9.83. The molecular weight excluding hydrogens is 1000 g/mol. The number of fused-ring (bicyclic) bond motifs is 2. The number of esters is 2. The van der Waals surface area contributed by atoms with Gasteiger partial charge in [-0.1, -0.05) is 98.9 Å². The molecule has 0 aromatic carbocycles. The fourth-order valence-corrected chi connectivity index (χ4v) is 8.77. The quantitative estimate of drug-likeness (QED) is 0.150. The predicted octanol–water partition coefficient (Wildman–Crippen LogP) is -0.788. The van der Waals surface area contributed by atoms with E-state index in [2.05, 4.69) is 4.74 Å². The average molecular weight is 1090 g/mol. The number of hydrogen-bond acceptors (Lipinski definition) is 23. The molecule has 76 heavy (non-hydrogen) atoms. The van der Waals surface area contributed by atoms with Gasteiger partial charge in [0.15, 0.2) is 23.9 Å². The smallest absolute Gasteiger partial charge is 0.377 e. The minimum absolute atomic E-state index is 0.0734. The van der Waals surface area contributed by atoms with Crippen molar-refractivity contribution >= 4 is 11.9 Å². The van der Waals surface area contributed by atoms with Crippen LogP contribution in [-0.4, -0.2) is 211 Å². The van der Waals surface area contributed by atoms with Crippen molar-refractivity contribution in [2.45, 2.75) is 189 Å². The minimum Gasteiger partial charge on any atom is -0.505 e. The molecule has 4 aliphatic rings. The van der Waals surface area contributed by atoms with Crippen LogP contribution in [0.1, 0.15) is 79.1 Å². The molecule has 21 atom stereocenters. The van der Waals surface area contributed by atoms with E-state index >= 15 is 0 Å². The monoisotopic (exact) mass is 1090 g/mol. The highest BCUT2D eigenvalue weighted by atomic mass is 16.7. The zero-order chi connectivity index (χ0) is 56.9. The molecule has 4 aliphatic heterocycles. The van der Waals surface area contributed by atoms with Crippen LogP contribution in [0.2, 0.25) is 0 Å². The first kappa shape index (κ1) is 66.1. The van der Waals surface area contributed by atoms with Gasteiger partial charge in [-0.15, -0.1) is 0 Å². The van der Waals surface area contributed by atoms with E-state index in [0.717, 1.165) is 0 Å². The maximum atomic E-state index is 12.6. The molecule has 432 valence electrons. The Hall–Kier alpha value is -4.22. The van der Waals surface area contributed by atoms with Gasteiger partial charge in [0.2, 0.25) is 5.76 Å². The topological polar surface area (TPSA) is 410 Å². The van der Waals surface area contributed by atoms with Crippen molar-refractivity contribution in [2.75, 3.05) is 13.2 Å². The zero-order valence-electron chi connectivity index (χ0n) is 43.3. The van der Waals surface area contributed by atoms with Crippen LogP contribution in [-0.2, 0) is 33.3 Å². The molecule has 4 heterocycles. The van der Waals surface area contributed by atoms with Crippen LogP contribution in [0.4, 0.5) is 0 Å². The van der Waals surface area contributed by atoms with Crippen LogP contribution in [0.3, 0.4) is 0 Å². The standard InChI is InChI=1S/C47H75NO16.C6H8O6/c1-28-17-15-13-11-9-7-5-6-8-10-12-14-16-18-35(63-46-45(59)42(48)44(58)31(4)62-46)24-40-36(27-49)39(55)26-47(60,64-40)25-34(52)22-38(54)37(53)20-19-32(50)21-33(51)23-41(56)61-30(3)29(2)43(28)57;7-1-2(8)5-3(9)4(10)6(11)12-5/h5-18,28-40,42-46,49-55,57-60H,19-27,48H2,1-4H3;2,5,7-10H,1H2/b6-5+,9-7+,10-8+,13-11+,14-12+,17-15-,18-16+;/t28-,29-,30-,31+,32+,33+,34-,35-,36+,37+,38+,39-,40-,42-,43+,44+,45-,46-,47+;2-,5+/m00/s1. The molecule has 23 heteroatoms. The first-order chi connectivity index (χ1) is 35.8. The third kappa shape index (κ3) is 21.2. The summed E-state index contributed by atoms with van der Waals surface area (Å²) < 4.78 is 27.7.